The highest BCUT2D eigenvalue weighted by Gasteiger charge is 2.27. The van der Waals surface area contributed by atoms with Crippen molar-refractivity contribution in [1.82, 2.24) is 9.62 Å². The van der Waals surface area contributed by atoms with Crippen LogP contribution in [0.4, 0.5) is 0 Å². The number of carbonyl (C=O) groups excluding carboxylic acids is 1. The van der Waals surface area contributed by atoms with Crippen molar-refractivity contribution in [3.8, 4) is 0 Å². The average Bonchev–Trinajstić information content (AvgIpc) is 2.57. The van der Waals surface area contributed by atoms with Crippen LogP contribution in [0.5, 0.6) is 0 Å². The van der Waals surface area contributed by atoms with Crippen molar-refractivity contribution in [2.24, 2.45) is 11.7 Å². The zero-order valence-electron chi connectivity index (χ0n) is 9.89. The largest absolute Gasteiger partial charge is 0.355 e. The Bertz CT molecular complexity index is 347. The lowest BCUT2D eigenvalue weighted by atomic mass is 10.2. The normalized spacial score (nSPS) is 20.6. The number of hydrogen-bond acceptors (Lipinski definition) is 4. The van der Waals surface area contributed by atoms with Crippen LogP contribution in [0, 0.1) is 5.92 Å². The van der Waals surface area contributed by atoms with Gasteiger partial charge in [-0.25, -0.2) is 12.7 Å². The Morgan fingerprint density at radius 2 is 2.18 bits per heavy atom. The molecule has 6 nitrogen and oxygen atoms in total. The van der Waals surface area contributed by atoms with Gasteiger partial charge in [0.1, 0.15) is 0 Å². The number of nitrogens with two attached hydrogens (primary N) is 1. The van der Waals surface area contributed by atoms with Crippen LogP contribution in [0.1, 0.15) is 13.3 Å². The van der Waals surface area contributed by atoms with Gasteiger partial charge >= 0.3 is 0 Å². The summed E-state index contributed by atoms with van der Waals surface area (Å²) in [5, 5.41) is 2.67. The van der Waals surface area contributed by atoms with Gasteiger partial charge in [0, 0.05) is 32.1 Å². The van der Waals surface area contributed by atoms with Gasteiger partial charge in [0.25, 0.3) is 0 Å². The third-order valence-electron chi connectivity index (χ3n) is 2.66. The Hall–Kier alpha value is -0.370. The number of hydrogen-bond donors (Lipinski definition) is 2. The van der Waals surface area contributed by atoms with Crippen LogP contribution in [-0.2, 0) is 14.8 Å². The second-order valence-electron chi connectivity index (χ2n) is 4.00. The minimum Gasteiger partial charge on any atom is -0.355 e. The Morgan fingerprint density at radius 3 is 2.65 bits per heavy atom. The van der Waals surface area contributed by atoms with Crippen molar-refractivity contribution in [3.63, 3.8) is 0 Å². The van der Waals surface area contributed by atoms with Gasteiger partial charge in [-0.3, -0.25) is 4.79 Å². The third-order valence-corrected chi connectivity index (χ3v) is 4.62. The first kappa shape index (κ1) is 16.6. The van der Waals surface area contributed by atoms with E-state index in [4.69, 9.17) is 5.73 Å². The van der Waals surface area contributed by atoms with E-state index >= 15 is 0 Å². The maximum absolute atomic E-state index is 11.4. The molecule has 1 amide bonds. The molecule has 0 bridgehead atoms. The summed E-state index contributed by atoms with van der Waals surface area (Å²) in [4.78, 5) is 11.4. The summed E-state index contributed by atoms with van der Waals surface area (Å²) in [6.07, 6.45) is 0.676. The smallest absolute Gasteiger partial charge is 0.224 e. The molecule has 0 spiro atoms. The van der Waals surface area contributed by atoms with Crippen molar-refractivity contribution in [2.45, 2.75) is 13.3 Å². The van der Waals surface area contributed by atoms with Crippen LogP contribution in [0.3, 0.4) is 0 Å². The van der Waals surface area contributed by atoms with Crippen LogP contribution < -0.4 is 11.1 Å². The molecule has 0 aromatic heterocycles. The van der Waals surface area contributed by atoms with Gasteiger partial charge in [0.15, 0.2) is 0 Å². The Morgan fingerprint density at radius 1 is 1.53 bits per heavy atom. The van der Waals surface area contributed by atoms with Crippen molar-refractivity contribution in [3.05, 3.63) is 0 Å². The molecule has 1 heterocycles. The molecule has 1 aliphatic heterocycles. The number of amides is 1. The Kier molecular flexibility index (Phi) is 6.99. The summed E-state index contributed by atoms with van der Waals surface area (Å²) in [5.74, 6) is -0.130. The Labute approximate surface area is 108 Å². The summed E-state index contributed by atoms with van der Waals surface area (Å²) in [6.45, 7) is 3.30. The SMILES string of the molecule is CC(CN)C(=O)NCCN1CCCS1(=O)=O.Cl. The molecule has 0 radical (unpaired) electrons. The first-order valence-corrected chi connectivity index (χ1v) is 7.04. The molecule has 3 N–H and O–H groups in total. The Balaban J connectivity index is 0.00000256. The molecule has 1 fully saturated rings. The summed E-state index contributed by atoms with van der Waals surface area (Å²) in [6, 6.07) is 0. The fourth-order valence-corrected chi connectivity index (χ4v) is 3.06. The van der Waals surface area contributed by atoms with E-state index in [-0.39, 0.29) is 30.0 Å². The molecule has 0 aliphatic carbocycles. The monoisotopic (exact) mass is 285 g/mol. The molecule has 1 atom stereocenters. The van der Waals surface area contributed by atoms with E-state index in [0.717, 1.165) is 0 Å². The first-order valence-electron chi connectivity index (χ1n) is 5.43. The van der Waals surface area contributed by atoms with Crippen LogP contribution in [0.2, 0.25) is 0 Å². The molecule has 0 aromatic rings. The highest BCUT2D eigenvalue weighted by atomic mass is 35.5. The summed E-state index contributed by atoms with van der Waals surface area (Å²) < 4.78 is 24.3. The lowest BCUT2D eigenvalue weighted by Crippen LogP contribution is -2.39. The van der Waals surface area contributed by atoms with Gasteiger partial charge in [-0.05, 0) is 6.42 Å². The first-order chi connectivity index (χ1) is 7.47. The third kappa shape index (κ3) is 4.79. The standard InChI is InChI=1S/C9H19N3O3S.ClH/c1-8(7-10)9(13)11-3-5-12-4-2-6-16(12,14)15;/h8H,2-7,10H2,1H3,(H,11,13);1H. The number of halogens is 1. The highest BCUT2D eigenvalue weighted by Crippen LogP contribution is 2.11. The lowest BCUT2D eigenvalue weighted by molar-refractivity contribution is -0.124. The maximum atomic E-state index is 11.4. The zero-order chi connectivity index (χ0) is 12.2. The highest BCUT2D eigenvalue weighted by molar-refractivity contribution is 7.89. The summed E-state index contributed by atoms with van der Waals surface area (Å²) in [5.41, 5.74) is 5.34. The fourth-order valence-electron chi connectivity index (χ4n) is 1.53. The summed E-state index contributed by atoms with van der Waals surface area (Å²) in [7, 11) is -3.05. The van der Waals surface area contributed by atoms with Gasteiger partial charge in [-0.15, -0.1) is 12.4 Å². The minimum absolute atomic E-state index is 0. The number of sulfonamides is 1. The van der Waals surface area contributed by atoms with Gasteiger partial charge in [-0.1, -0.05) is 6.92 Å². The van der Waals surface area contributed by atoms with E-state index in [1.54, 1.807) is 6.92 Å². The number of nitrogens with zero attached hydrogens (tertiary/aromatic N) is 1. The van der Waals surface area contributed by atoms with E-state index in [9.17, 15) is 13.2 Å². The molecule has 0 aromatic carbocycles. The van der Waals surface area contributed by atoms with E-state index in [2.05, 4.69) is 5.32 Å². The second kappa shape index (κ2) is 7.15. The number of nitrogens with one attached hydrogen (secondary N) is 1. The maximum Gasteiger partial charge on any atom is 0.224 e. The van der Waals surface area contributed by atoms with Crippen LogP contribution >= 0.6 is 12.4 Å². The molecule has 102 valence electrons. The van der Waals surface area contributed by atoms with E-state index < -0.39 is 10.0 Å². The molecular formula is C9H20ClN3O3S. The molecule has 8 heteroatoms. The molecule has 1 aliphatic rings. The van der Waals surface area contributed by atoms with Crippen LogP contribution in [0.25, 0.3) is 0 Å². The molecule has 0 saturated carbocycles. The van der Waals surface area contributed by atoms with Gasteiger partial charge < -0.3 is 11.1 Å². The van der Waals surface area contributed by atoms with Crippen LogP contribution in [-0.4, -0.2) is 50.6 Å². The molecule has 1 unspecified atom stereocenters. The topological polar surface area (TPSA) is 92.5 Å². The molecule has 1 saturated heterocycles. The molecular weight excluding hydrogens is 266 g/mol. The van der Waals surface area contributed by atoms with Crippen LogP contribution in [0.15, 0.2) is 0 Å². The van der Waals surface area contributed by atoms with Crippen molar-refractivity contribution in [2.75, 3.05) is 31.9 Å². The second-order valence-corrected chi connectivity index (χ2v) is 6.08. The molecule has 17 heavy (non-hydrogen) atoms. The van der Waals surface area contributed by atoms with Crippen molar-refractivity contribution >= 4 is 28.3 Å². The fraction of sp³-hybridized carbons (Fsp3) is 0.889. The van der Waals surface area contributed by atoms with E-state index in [0.29, 0.717) is 32.6 Å². The predicted molar refractivity (Wildman–Crippen MR) is 68.5 cm³/mol. The van der Waals surface area contributed by atoms with Crippen molar-refractivity contribution < 1.29 is 13.2 Å². The van der Waals surface area contributed by atoms with Gasteiger partial charge in [0.2, 0.25) is 15.9 Å². The zero-order valence-corrected chi connectivity index (χ0v) is 11.5. The number of rotatable bonds is 5. The van der Waals surface area contributed by atoms with Gasteiger partial charge in [-0.2, -0.15) is 0 Å². The van der Waals surface area contributed by atoms with E-state index in [1.807, 2.05) is 0 Å². The van der Waals surface area contributed by atoms with Crippen molar-refractivity contribution in [1.29, 1.82) is 0 Å². The van der Waals surface area contributed by atoms with E-state index in [1.165, 1.54) is 4.31 Å². The minimum atomic E-state index is -3.05. The molecule has 1 rings (SSSR count). The number of carbonyl (C=O) groups is 1. The predicted octanol–water partition coefficient (Wildman–Crippen LogP) is -0.845. The average molecular weight is 286 g/mol. The van der Waals surface area contributed by atoms with Gasteiger partial charge in [0.05, 0.1) is 5.75 Å². The summed E-state index contributed by atoms with van der Waals surface area (Å²) >= 11 is 0. The lowest BCUT2D eigenvalue weighted by Gasteiger charge is -2.15. The quantitative estimate of drug-likeness (QED) is 0.688.